The van der Waals surface area contributed by atoms with Crippen molar-refractivity contribution in [1.82, 2.24) is 9.13 Å². The van der Waals surface area contributed by atoms with E-state index in [9.17, 15) is 9.59 Å². The van der Waals surface area contributed by atoms with Gasteiger partial charge in [0.15, 0.2) is 0 Å². The van der Waals surface area contributed by atoms with Gasteiger partial charge in [-0.25, -0.2) is 0 Å². The standard InChI is InChI=1S/C13H14BrN3O2/c1-9-10(15)8-17(13(19)12(9)14)7-6-16-5-3-2-4-11(16)18/h2-5,8H,6-7,15H2,1H3. The van der Waals surface area contributed by atoms with Crippen LogP contribution < -0.4 is 16.9 Å². The van der Waals surface area contributed by atoms with Gasteiger partial charge in [0.1, 0.15) is 0 Å². The van der Waals surface area contributed by atoms with Crippen molar-refractivity contribution in [3.63, 3.8) is 0 Å². The number of aromatic nitrogens is 2. The summed E-state index contributed by atoms with van der Waals surface area (Å²) in [5.41, 5.74) is 6.88. The molecule has 2 aromatic rings. The number of anilines is 1. The van der Waals surface area contributed by atoms with E-state index < -0.39 is 0 Å². The molecular formula is C13H14BrN3O2. The number of halogens is 1. The van der Waals surface area contributed by atoms with Crippen molar-refractivity contribution in [2.45, 2.75) is 20.0 Å². The number of hydrogen-bond donors (Lipinski definition) is 1. The molecule has 0 fully saturated rings. The zero-order valence-corrected chi connectivity index (χ0v) is 12.1. The molecule has 0 amide bonds. The van der Waals surface area contributed by atoms with Crippen LogP contribution in [0.2, 0.25) is 0 Å². The zero-order valence-electron chi connectivity index (χ0n) is 10.5. The van der Waals surface area contributed by atoms with Crippen molar-refractivity contribution >= 4 is 21.6 Å². The second-order valence-electron chi connectivity index (χ2n) is 4.25. The van der Waals surface area contributed by atoms with E-state index in [1.807, 2.05) is 0 Å². The molecule has 0 radical (unpaired) electrons. The first-order valence-corrected chi connectivity index (χ1v) is 6.60. The minimum atomic E-state index is -0.143. The lowest BCUT2D eigenvalue weighted by Gasteiger charge is -2.11. The van der Waals surface area contributed by atoms with Crippen molar-refractivity contribution in [2.75, 3.05) is 5.73 Å². The van der Waals surface area contributed by atoms with E-state index in [-0.39, 0.29) is 11.1 Å². The van der Waals surface area contributed by atoms with Crippen molar-refractivity contribution in [2.24, 2.45) is 0 Å². The van der Waals surface area contributed by atoms with Gasteiger partial charge in [-0.1, -0.05) is 6.07 Å². The van der Waals surface area contributed by atoms with E-state index in [2.05, 4.69) is 15.9 Å². The summed E-state index contributed by atoms with van der Waals surface area (Å²) >= 11 is 3.24. The monoisotopic (exact) mass is 323 g/mol. The fraction of sp³-hybridized carbons (Fsp3) is 0.231. The maximum atomic E-state index is 12.0. The van der Waals surface area contributed by atoms with Crippen molar-refractivity contribution in [3.8, 4) is 0 Å². The van der Waals surface area contributed by atoms with Crippen LogP contribution in [0.5, 0.6) is 0 Å². The third kappa shape index (κ3) is 2.78. The molecule has 0 saturated carbocycles. The first kappa shape index (κ1) is 13.6. The van der Waals surface area contributed by atoms with Crippen LogP contribution in [0.25, 0.3) is 0 Å². The molecule has 0 atom stereocenters. The molecule has 0 aliphatic heterocycles. The van der Waals surface area contributed by atoms with Crippen LogP contribution in [-0.4, -0.2) is 9.13 Å². The zero-order chi connectivity index (χ0) is 14.0. The lowest BCUT2D eigenvalue weighted by molar-refractivity contribution is 0.552. The SMILES string of the molecule is Cc1c(N)cn(CCn2ccccc2=O)c(=O)c1Br. The molecule has 19 heavy (non-hydrogen) atoms. The van der Waals surface area contributed by atoms with Crippen LogP contribution in [0.1, 0.15) is 5.56 Å². The Morgan fingerprint density at radius 3 is 2.58 bits per heavy atom. The normalized spacial score (nSPS) is 10.6. The van der Waals surface area contributed by atoms with Gasteiger partial charge >= 0.3 is 0 Å². The highest BCUT2D eigenvalue weighted by atomic mass is 79.9. The average Bonchev–Trinajstić information content (AvgIpc) is 2.40. The molecule has 0 spiro atoms. The van der Waals surface area contributed by atoms with E-state index in [1.165, 1.54) is 10.6 Å². The minimum Gasteiger partial charge on any atom is -0.397 e. The van der Waals surface area contributed by atoms with Crippen molar-refractivity contribution in [3.05, 3.63) is 61.3 Å². The van der Waals surface area contributed by atoms with E-state index in [0.29, 0.717) is 23.2 Å². The molecule has 6 heteroatoms. The Labute approximate surface area is 118 Å². The van der Waals surface area contributed by atoms with Gasteiger partial charge in [0.2, 0.25) is 0 Å². The van der Waals surface area contributed by atoms with Crippen molar-refractivity contribution in [1.29, 1.82) is 0 Å². The Morgan fingerprint density at radius 1 is 1.21 bits per heavy atom. The highest BCUT2D eigenvalue weighted by molar-refractivity contribution is 9.10. The van der Waals surface area contributed by atoms with Gasteiger partial charge in [0, 0.05) is 31.5 Å². The number of hydrogen-bond acceptors (Lipinski definition) is 3. The second kappa shape index (κ2) is 5.44. The molecule has 2 N–H and O–H groups in total. The van der Waals surface area contributed by atoms with E-state index in [4.69, 9.17) is 5.73 Å². The predicted molar refractivity (Wildman–Crippen MR) is 78.3 cm³/mol. The fourth-order valence-corrected chi connectivity index (χ4v) is 2.22. The van der Waals surface area contributed by atoms with Crippen LogP contribution in [-0.2, 0) is 13.1 Å². The summed E-state index contributed by atoms with van der Waals surface area (Å²) < 4.78 is 3.52. The summed E-state index contributed by atoms with van der Waals surface area (Å²) in [5, 5.41) is 0. The van der Waals surface area contributed by atoms with Crippen LogP contribution in [0, 0.1) is 6.92 Å². The number of nitrogens with zero attached hydrogens (tertiary/aromatic N) is 2. The van der Waals surface area contributed by atoms with Gasteiger partial charge in [-0.2, -0.15) is 0 Å². The first-order valence-electron chi connectivity index (χ1n) is 5.81. The molecule has 0 aromatic carbocycles. The van der Waals surface area contributed by atoms with Gasteiger partial charge in [-0.15, -0.1) is 0 Å². The van der Waals surface area contributed by atoms with Gasteiger partial charge in [-0.05, 0) is 34.5 Å². The van der Waals surface area contributed by atoms with Gasteiger partial charge in [0.05, 0.1) is 10.2 Å². The van der Waals surface area contributed by atoms with Crippen LogP contribution in [0.3, 0.4) is 0 Å². The number of pyridine rings is 2. The molecule has 100 valence electrons. The Kier molecular flexibility index (Phi) is 3.90. The smallest absolute Gasteiger partial charge is 0.265 e. The van der Waals surface area contributed by atoms with Crippen molar-refractivity contribution < 1.29 is 0 Å². The summed E-state index contributed by atoms with van der Waals surface area (Å²) in [5.74, 6) is 0. The van der Waals surface area contributed by atoms with E-state index >= 15 is 0 Å². The average molecular weight is 324 g/mol. The number of nitrogens with two attached hydrogens (primary N) is 1. The maximum absolute atomic E-state index is 12.0. The Morgan fingerprint density at radius 2 is 1.89 bits per heavy atom. The Bertz CT molecular complexity index is 719. The largest absolute Gasteiger partial charge is 0.397 e. The summed E-state index contributed by atoms with van der Waals surface area (Å²) in [6.07, 6.45) is 3.30. The highest BCUT2D eigenvalue weighted by Gasteiger charge is 2.08. The predicted octanol–water partition coefficient (Wildman–Crippen LogP) is 1.36. The number of rotatable bonds is 3. The van der Waals surface area contributed by atoms with Crippen LogP contribution in [0.15, 0.2) is 44.7 Å². The first-order chi connectivity index (χ1) is 9.00. The molecule has 2 aromatic heterocycles. The molecule has 2 rings (SSSR count). The van der Waals surface area contributed by atoms with Crippen LogP contribution in [0.4, 0.5) is 5.69 Å². The molecule has 2 heterocycles. The number of aryl methyl sites for hydroxylation is 2. The van der Waals surface area contributed by atoms with Gasteiger partial charge in [0.25, 0.3) is 11.1 Å². The topological polar surface area (TPSA) is 70.0 Å². The van der Waals surface area contributed by atoms with E-state index in [0.717, 1.165) is 5.56 Å². The van der Waals surface area contributed by atoms with Gasteiger partial charge < -0.3 is 14.9 Å². The molecule has 0 bridgehead atoms. The van der Waals surface area contributed by atoms with Crippen LogP contribution >= 0.6 is 15.9 Å². The number of nitrogen functional groups attached to an aromatic ring is 1. The molecular weight excluding hydrogens is 310 g/mol. The molecule has 0 aliphatic carbocycles. The second-order valence-corrected chi connectivity index (χ2v) is 5.05. The highest BCUT2D eigenvalue weighted by Crippen LogP contribution is 2.16. The molecule has 0 saturated heterocycles. The summed E-state index contributed by atoms with van der Waals surface area (Å²) in [4.78, 5) is 23.6. The fourth-order valence-electron chi connectivity index (χ4n) is 1.76. The lowest BCUT2D eigenvalue weighted by Crippen LogP contribution is -2.27. The van der Waals surface area contributed by atoms with E-state index in [1.54, 1.807) is 36.0 Å². The third-order valence-electron chi connectivity index (χ3n) is 2.99. The van der Waals surface area contributed by atoms with Gasteiger partial charge in [-0.3, -0.25) is 9.59 Å². The summed E-state index contributed by atoms with van der Waals surface area (Å²) in [7, 11) is 0. The Hall–Kier alpha value is -1.82. The quantitative estimate of drug-likeness (QED) is 0.927. The summed E-state index contributed by atoms with van der Waals surface area (Å²) in [6.45, 7) is 2.60. The lowest BCUT2D eigenvalue weighted by atomic mass is 10.2. The molecule has 5 nitrogen and oxygen atoms in total. The minimum absolute atomic E-state index is 0.0882. The molecule has 0 unspecified atom stereocenters. The maximum Gasteiger partial charge on any atom is 0.265 e. The molecule has 0 aliphatic rings. The third-order valence-corrected chi connectivity index (χ3v) is 3.92. The summed E-state index contributed by atoms with van der Waals surface area (Å²) in [6, 6.07) is 4.96. The Balaban J connectivity index is 2.29.